The molecule has 3 heterocycles. The lowest BCUT2D eigenvalue weighted by molar-refractivity contribution is 0.409. The van der Waals surface area contributed by atoms with Crippen molar-refractivity contribution in [3.05, 3.63) is 216 Å². The average Bonchev–Trinajstić information content (AvgIpc) is 3.78. The van der Waals surface area contributed by atoms with E-state index in [9.17, 15) is 0 Å². The van der Waals surface area contributed by atoms with E-state index < -0.39 is 0 Å². The Bertz CT molecular complexity index is 3010. The normalized spacial score (nSPS) is 18.1. The van der Waals surface area contributed by atoms with Crippen molar-refractivity contribution >= 4 is 49.4 Å². The van der Waals surface area contributed by atoms with Gasteiger partial charge in [-0.1, -0.05) is 146 Å². The SMILES string of the molecule is C1=CCC(c2ccc3c4cc5c6ccccc6n(-c6cccc(C7N=C(c8ccccc8)NC(c8ccccc8)N7)c6)c5cc4n(-c4ccccc4)c3c2)C=C1. The maximum atomic E-state index is 5.27. The van der Waals surface area contributed by atoms with Gasteiger partial charge in [-0.2, -0.15) is 0 Å². The summed E-state index contributed by atoms with van der Waals surface area (Å²) < 4.78 is 4.89. The van der Waals surface area contributed by atoms with Crippen molar-refractivity contribution in [3.63, 3.8) is 0 Å². The van der Waals surface area contributed by atoms with E-state index in [-0.39, 0.29) is 12.3 Å². The molecule has 2 aliphatic rings. The first-order valence-electron chi connectivity index (χ1n) is 19.5. The third-order valence-electron chi connectivity index (χ3n) is 11.5. The third-order valence-corrected chi connectivity index (χ3v) is 11.5. The number of amidine groups is 1. The van der Waals surface area contributed by atoms with Crippen molar-refractivity contribution < 1.29 is 0 Å². The molecule has 2 N–H and O–H groups in total. The predicted molar refractivity (Wildman–Crippen MR) is 232 cm³/mol. The average molecular weight is 722 g/mol. The van der Waals surface area contributed by atoms with Crippen LogP contribution in [-0.2, 0) is 0 Å². The maximum absolute atomic E-state index is 5.27. The van der Waals surface area contributed by atoms with Crippen LogP contribution < -0.4 is 10.6 Å². The van der Waals surface area contributed by atoms with Gasteiger partial charge in [0.1, 0.15) is 18.2 Å². The van der Waals surface area contributed by atoms with Gasteiger partial charge in [0.25, 0.3) is 0 Å². The van der Waals surface area contributed by atoms with Gasteiger partial charge in [0, 0.05) is 44.4 Å². The zero-order valence-electron chi connectivity index (χ0n) is 30.8. The first kappa shape index (κ1) is 32.5. The highest BCUT2D eigenvalue weighted by Gasteiger charge is 2.26. The van der Waals surface area contributed by atoms with Crippen LogP contribution >= 0.6 is 0 Å². The second kappa shape index (κ2) is 13.4. The van der Waals surface area contributed by atoms with Crippen molar-refractivity contribution in [1.82, 2.24) is 19.8 Å². The molecule has 268 valence electrons. The van der Waals surface area contributed by atoms with E-state index in [0.717, 1.165) is 40.3 Å². The maximum Gasteiger partial charge on any atom is 0.131 e. The molecule has 9 aromatic rings. The van der Waals surface area contributed by atoms with E-state index in [4.69, 9.17) is 4.99 Å². The fourth-order valence-electron chi connectivity index (χ4n) is 8.81. The van der Waals surface area contributed by atoms with Crippen molar-refractivity contribution in [2.24, 2.45) is 4.99 Å². The Hall–Kier alpha value is -6.95. The van der Waals surface area contributed by atoms with Crippen LogP contribution in [0, 0.1) is 0 Å². The quantitative estimate of drug-likeness (QED) is 0.180. The van der Waals surface area contributed by atoms with Crippen LogP contribution in [0.5, 0.6) is 0 Å². The second-order valence-corrected chi connectivity index (χ2v) is 14.8. The van der Waals surface area contributed by atoms with E-state index in [1.54, 1.807) is 0 Å². The number of nitrogens with zero attached hydrogens (tertiary/aromatic N) is 3. The largest absolute Gasteiger partial charge is 0.350 e. The highest BCUT2D eigenvalue weighted by Crippen LogP contribution is 2.41. The van der Waals surface area contributed by atoms with Gasteiger partial charge >= 0.3 is 0 Å². The van der Waals surface area contributed by atoms with Gasteiger partial charge in [-0.05, 0) is 71.6 Å². The molecule has 0 saturated heterocycles. The molecule has 11 rings (SSSR count). The minimum absolute atomic E-state index is 0.106. The molecule has 0 bridgehead atoms. The number of hydrogen-bond acceptors (Lipinski definition) is 3. The van der Waals surface area contributed by atoms with E-state index >= 15 is 0 Å². The van der Waals surface area contributed by atoms with Crippen LogP contribution in [0.25, 0.3) is 55.0 Å². The Morgan fingerprint density at radius 1 is 0.482 bits per heavy atom. The molecule has 1 aliphatic carbocycles. The van der Waals surface area contributed by atoms with Gasteiger partial charge in [0.05, 0.1) is 22.1 Å². The molecule has 2 aromatic heterocycles. The summed E-state index contributed by atoms with van der Waals surface area (Å²) in [7, 11) is 0. The van der Waals surface area contributed by atoms with Crippen molar-refractivity contribution in [2.45, 2.75) is 24.7 Å². The van der Waals surface area contributed by atoms with Crippen LogP contribution in [0.4, 0.5) is 0 Å². The van der Waals surface area contributed by atoms with Gasteiger partial charge in [-0.15, -0.1) is 0 Å². The van der Waals surface area contributed by atoms with Gasteiger partial charge < -0.3 is 14.5 Å². The minimum Gasteiger partial charge on any atom is -0.350 e. The highest BCUT2D eigenvalue weighted by atomic mass is 15.3. The number of aromatic nitrogens is 2. The number of hydrogen-bond donors (Lipinski definition) is 2. The molecular formula is C51H39N5. The Morgan fingerprint density at radius 3 is 1.93 bits per heavy atom. The molecule has 5 nitrogen and oxygen atoms in total. The molecule has 0 fully saturated rings. The third kappa shape index (κ3) is 5.47. The van der Waals surface area contributed by atoms with Gasteiger partial charge in [-0.3, -0.25) is 5.32 Å². The van der Waals surface area contributed by atoms with Gasteiger partial charge in [0.2, 0.25) is 0 Å². The molecule has 5 heteroatoms. The minimum atomic E-state index is -0.263. The summed E-state index contributed by atoms with van der Waals surface area (Å²) in [6, 6.07) is 61.4. The molecule has 56 heavy (non-hydrogen) atoms. The van der Waals surface area contributed by atoms with E-state index in [1.165, 1.54) is 49.2 Å². The molecule has 1 aliphatic heterocycles. The molecular weight excluding hydrogens is 683 g/mol. The lowest BCUT2D eigenvalue weighted by Crippen LogP contribution is -2.44. The number of nitrogens with one attached hydrogen (secondary N) is 2. The summed E-state index contributed by atoms with van der Waals surface area (Å²) in [6.45, 7) is 0. The molecule has 0 amide bonds. The van der Waals surface area contributed by atoms with Crippen molar-refractivity contribution in [1.29, 1.82) is 0 Å². The Labute approximate surface area is 325 Å². The standard InChI is InChI=1S/C51H39N5/c1-5-16-34(17-6-1)37-28-29-42-44-32-43-41-26-13-14-27-45(41)56(48(43)33-47(44)55(46(42)31-37)39-23-11-4-12-24-39)40-25-15-22-38(30-40)51-53-49(35-18-7-2-8-19-35)52-50(54-51)36-20-9-3-10-21-36/h1-16,18-34,49,51,53H,17H2,(H,52,54). The molecule has 0 radical (unpaired) electrons. The van der Waals surface area contributed by atoms with Crippen LogP contribution in [0.3, 0.4) is 0 Å². The van der Waals surface area contributed by atoms with Gasteiger partial charge in [0.15, 0.2) is 0 Å². The first-order chi connectivity index (χ1) is 27.8. The monoisotopic (exact) mass is 721 g/mol. The van der Waals surface area contributed by atoms with Crippen LogP contribution in [0.15, 0.2) is 199 Å². The van der Waals surface area contributed by atoms with Gasteiger partial charge in [-0.25, -0.2) is 4.99 Å². The summed E-state index contributed by atoms with van der Waals surface area (Å²) in [5, 5.41) is 12.5. The number of fused-ring (bicyclic) bond motifs is 6. The lowest BCUT2D eigenvalue weighted by Gasteiger charge is -2.32. The molecule has 0 saturated carbocycles. The first-order valence-corrected chi connectivity index (χ1v) is 19.5. The number of allylic oxidation sites excluding steroid dienone is 4. The summed E-state index contributed by atoms with van der Waals surface area (Å²) in [5.41, 5.74) is 11.7. The van der Waals surface area contributed by atoms with Crippen LogP contribution in [0.1, 0.15) is 46.9 Å². The Kier molecular flexibility index (Phi) is 7.78. The Morgan fingerprint density at radius 2 is 1.14 bits per heavy atom. The molecule has 0 spiro atoms. The summed E-state index contributed by atoms with van der Waals surface area (Å²) in [5.74, 6) is 1.25. The number of aliphatic imine (C=N–C) groups is 1. The number of benzene rings is 7. The molecule has 3 atom stereocenters. The summed E-state index contributed by atoms with van der Waals surface area (Å²) in [4.78, 5) is 5.27. The second-order valence-electron chi connectivity index (χ2n) is 14.8. The van der Waals surface area contributed by atoms with E-state index in [2.05, 4.69) is 208 Å². The van der Waals surface area contributed by atoms with Crippen LogP contribution in [-0.4, -0.2) is 15.0 Å². The topological polar surface area (TPSA) is 46.3 Å². The van der Waals surface area contributed by atoms with Crippen LogP contribution in [0.2, 0.25) is 0 Å². The summed E-state index contributed by atoms with van der Waals surface area (Å²) >= 11 is 0. The van der Waals surface area contributed by atoms with E-state index in [1.807, 2.05) is 6.07 Å². The molecule has 3 unspecified atom stereocenters. The molecule has 7 aromatic carbocycles. The fraction of sp³-hybridized carbons (Fsp3) is 0.0784. The number of rotatable bonds is 6. The zero-order valence-corrected chi connectivity index (χ0v) is 30.8. The highest BCUT2D eigenvalue weighted by molar-refractivity contribution is 6.19. The lowest BCUT2D eigenvalue weighted by atomic mass is 9.92. The predicted octanol–water partition coefficient (Wildman–Crippen LogP) is 11.8. The van der Waals surface area contributed by atoms with E-state index in [0.29, 0.717) is 5.92 Å². The van der Waals surface area contributed by atoms with Crippen molar-refractivity contribution in [2.75, 3.05) is 0 Å². The Balaban J connectivity index is 1.11. The zero-order chi connectivity index (χ0) is 37.0. The smallest absolute Gasteiger partial charge is 0.131 e. The van der Waals surface area contributed by atoms with Crippen molar-refractivity contribution in [3.8, 4) is 11.4 Å². The number of para-hydroxylation sites is 2. The fourth-order valence-corrected chi connectivity index (χ4v) is 8.81. The summed E-state index contributed by atoms with van der Waals surface area (Å²) in [6.07, 6.45) is 9.56.